The van der Waals surface area contributed by atoms with Gasteiger partial charge < -0.3 is 14.8 Å². The Morgan fingerprint density at radius 3 is 2.61 bits per heavy atom. The summed E-state index contributed by atoms with van der Waals surface area (Å²) in [6, 6.07) is 12.6. The second-order valence-electron chi connectivity index (χ2n) is 7.75. The number of hydrogen-bond donors (Lipinski definition) is 1. The predicted molar refractivity (Wildman–Crippen MR) is 105 cm³/mol. The number of aryl methyl sites for hydroxylation is 1. The smallest absolute Gasteiger partial charge is 0.220 e. The molecule has 1 aliphatic heterocycles. The van der Waals surface area contributed by atoms with Crippen molar-refractivity contribution in [3.8, 4) is 11.5 Å². The lowest BCUT2D eigenvalue weighted by atomic mass is 9.78. The molecule has 5 heteroatoms. The van der Waals surface area contributed by atoms with Crippen molar-refractivity contribution >= 4 is 5.91 Å². The van der Waals surface area contributed by atoms with E-state index in [1.807, 2.05) is 12.1 Å². The third-order valence-electron chi connectivity index (χ3n) is 5.87. The van der Waals surface area contributed by atoms with Gasteiger partial charge in [0, 0.05) is 18.4 Å². The SMILES string of the molecule is O=C(CCc1cccc(F)c1)NCC1(c2ccc3c(c2)OCCO3)CCCC1. The first-order valence-electron chi connectivity index (χ1n) is 10.1. The van der Waals surface area contributed by atoms with Gasteiger partial charge in [-0.05, 0) is 54.7 Å². The summed E-state index contributed by atoms with van der Waals surface area (Å²) in [4.78, 5) is 12.4. The predicted octanol–water partition coefficient (Wildman–Crippen LogP) is 4.16. The molecule has 1 N–H and O–H groups in total. The van der Waals surface area contributed by atoms with E-state index in [1.165, 1.54) is 17.7 Å². The Morgan fingerprint density at radius 1 is 1.04 bits per heavy atom. The summed E-state index contributed by atoms with van der Waals surface area (Å²) in [6.45, 7) is 1.77. The number of fused-ring (bicyclic) bond motifs is 1. The highest BCUT2D eigenvalue weighted by Gasteiger charge is 2.36. The van der Waals surface area contributed by atoms with Gasteiger partial charge in [-0.25, -0.2) is 4.39 Å². The number of carbonyl (C=O) groups excluding carboxylic acids is 1. The summed E-state index contributed by atoms with van der Waals surface area (Å²) in [5, 5.41) is 3.12. The van der Waals surface area contributed by atoms with E-state index in [0.29, 0.717) is 32.6 Å². The van der Waals surface area contributed by atoms with Crippen molar-refractivity contribution in [2.75, 3.05) is 19.8 Å². The van der Waals surface area contributed by atoms with Crippen LogP contribution in [0, 0.1) is 5.82 Å². The van der Waals surface area contributed by atoms with Gasteiger partial charge in [0.15, 0.2) is 11.5 Å². The second kappa shape index (κ2) is 8.21. The Kier molecular flexibility index (Phi) is 5.51. The third kappa shape index (κ3) is 4.13. The van der Waals surface area contributed by atoms with E-state index in [-0.39, 0.29) is 17.1 Å². The zero-order chi connectivity index (χ0) is 19.4. The summed E-state index contributed by atoms with van der Waals surface area (Å²) in [5.41, 5.74) is 2.00. The second-order valence-corrected chi connectivity index (χ2v) is 7.75. The van der Waals surface area contributed by atoms with E-state index in [0.717, 1.165) is 42.7 Å². The Hall–Kier alpha value is -2.56. The number of benzene rings is 2. The van der Waals surface area contributed by atoms with Crippen LogP contribution in [0.3, 0.4) is 0 Å². The highest BCUT2D eigenvalue weighted by molar-refractivity contribution is 5.76. The van der Waals surface area contributed by atoms with Gasteiger partial charge in [0.25, 0.3) is 0 Å². The van der Waals surface area contributed by atoms with E-state index in [4.69, 9.17) is 9.47 Å². The van der Waals surface area contributed by atoms with Crippen LogP contribution in [-0.4, -0.2) is 25.7 Å². The molecule has 0 unspecified atom stereocenters. The first-order valence-corrected chi connectivity index (χ1v) is 10.1. The first kappa shape index (κ1) is 18.8. The van der Waals surface area contributed by atoms with Crippen LogP contribution in [0.1, 0.15) is 43.2 Å². The largest absolute Gasteiger partial charge is 0.486 e. The van der Waals surface area contributed by atoms with E-state index in [1.54, 1.807) is 6.07 Å². The van der Waals surface area contributed by atoms with Crippen LogP contribution >= 0.6 is 0 Å². The van der Waals surface area contributed by atoms with Gasteiger partial charge in [0.1, 0.15) is 19.0 Å². The van der Waals surface area contributed by atoms with Gasteiger partial charge in [0.2, 0.25) is 5.91 Å². The zero-order valence-corrected chi connectivity index (χ0v) is 16.0. The summed E-state index contributed by atoms with van der Waals surface area (Å²) in [5.74, 6) is 1.34. The fourth-order valence-electron chi connectivity index (χ4n) is 4.30. The lowest BCUT2D eigenvalue weighted by molar-refractivity contribution is -0.121. The zero-order valence-electron chi connectivity index (χ0n) is 16.0. The number of hydrogen-bond acceptors (Lipinski definition) is 3. The Bertz CT molecular complexity index is 845. The molecule has 0 spiro atoms. The molecular weight excluding hydrogens is 357 g/mol. The van der Waals surface area contributed by atoms with Crippen LogP contribution in [-0.2, 0) is 16.6 Å². The molecule has 0 atom stereocenters. The molecule has 28 heavy (non-hydrogen) atoms. The van der Waals surface area contributed by atoms with Gasteiger partial charge in [-0.15, -0.1) is 0 Å². The molecule has 1 aliphatic carbocycles. The molecule has 0 radical (unpaired) electrons. The molecule has 0 saturated heterocycles. The molecule has 2 aromatic rings. The number of amides is 1. The molecule has 148 valence electrons. The van der Waals surface area contributed by atoms with Gasteiger partial charge >= 0.3 is 0 Å². The average Bonchev–Trinajstić information content (AvgIpc) is 3.21. The lowest BCUT2D eigenvalue weighted by Gasteiger charge is -2.31. The minimum atomic E-state index is -0.263. The van der Waals surface area contributed by atoms with Crippen LogP contribution < -0.4 is 14.8 Å². The molecule has 4 rings (SSSR count). The normalized spacial score (nSPS) is 17.3. The standard InChI is InChI=1S/C23H26FNO3/c24-19-5-3-4-17(14-19)6-9-22(26)25-16-23(10-1-2-11-23)18-7-8-20-21(15-18)28-13-12-27-20/h3-5,7-8,14-15H,1-2,6,9-13,16H2,(H,25,26). The van der Waals surface area contributed by atoms with Crippen LogP contribution in [0.15, 0.2) is 42.5 Å². The number of halogens is 1. The maximum Gasteiger partial charge on any atom is 0.220 e. The van der Waals surface area contributed by atoms with Crippen molar-refractivity contribution < 1.29 is 18.7 Å². The molecule has 0 aromatic heterocycles. The lowest BCUT2D eigenvalue weighted by Crippen LogP contribution is -2.39. The van der Waals surface area contributed by atoms with E-state index < -0.39 is 0 Å². The van der Waals surface area contributed by atoms with Crippen molar-refractivity contribution in [2.24, 2.45) is 0 Å². The van der Waals surface area contributed by atoms with Crippen molar-refractivity contribution in [2.45, 2.75) is 43.9 Å². The maximum atomic E-state index is 13.3. The monoisotopic (exact) mass is 383 g/mol. The fraction of sp³-hybridized carbons (Fsp3) is 0.435. The van der Waals surface area contributed by atoms with Gasteiger partial charge in [-0.2, -0.15) is 0 Å². The quantitative estimate of drug-likeness (QED) is 0.815. The molecule has 0 bridgehead atoms. The summed E-state index contributed by atoms with van der Waals surface area (Å²) < 4.78 is 24.7. The van der Waals surface area contributed by atoms with Crippen molar-refractivity contribution in [1.29, 1.82) is 0 Å². The molecule has 2 aliphatic rings. The van der Waals surface area contributed by atoms with E-state index >= 15 is 0 Å². The molecule has 2 aromatic carbocycles. The number of rotatable bonds is 6. The number of carbonyl (C=O) groups is 1. The molecule has 4 nitrogen and oxygen atoms in total. The highest BCUT2D eigenvalue weighted by atomic mass is 19.1. The third-order valence-corrected chi connectivity index (χ3v) is 5.87. The first-order chi connectivity index (χ1) is 13.6. The topological polar surface area (TPSA) is 47.6 Å². The molecular formula is C23H26FNO3. The maximum absolute atomic E-state index is 13.3. The van der Waals surface area contributed by atoms with Gasteiger partial charge in [-0.3, -0.25) is 4.79 Å². The van der Waals surface area contributed by atoms with Crippen LogP contribution in [0.2, 0.25) is 0 Å². The Labute approximate surface area is 165 Å². The minimum absolute atomic E-state index is 0.00748. The van der Waals surface area contributed by atoms with Gasteiger partial charge in [0.05, 0.1) is 0 Å². The fourth-order valence-corrected chi connectivity index (χ4v) is 4.30. The average molecular weight is 383 g/mol. The van der Waals surface area contributed by atoms with Crippen molar-refractivity contribution in [1.82, 2.24) is 5.32 Å². The summed E-state index contributed by atoms with van der Waals surface area (Å²) in [6.07, 6.45) is 5.33. The molecule has 1 heterocycles. The summed E-state index contributed by atoms with van der Waals surface area (Å²) in [7, 11) is 0. The number of nitrogens with one attached hydrogen (secondary N) is 1. The molecule has 1 saturated carbocycles. The van der Waals surface area contributed by atoms with Crippen LogP contribution in [0.5, 0.6) is 11.5 Å². The van der Waals surface area contributed by atoms with Crippen molar-refractivity contribution in [3.63, 3.8) is 0 Å². The van der Waals surface area contributed by atoms with Crippen LogP contribution in [0.4, 0.5) is 4.39 Å². The molecule has 1 amide bonds. The minimum Gasteiger partial charge on any atom is -0.486 e. The number of ether oxygens (including phenoxy) is 2. The Balaban J connectivity index is 1.40. The van der Waals surface area contributed by atoms with E-state index in [9.17, 15) is 9.18 Å². The van der Waals surface area contributed by atoms with E-state index in [2.05, 4.69) is 17.4 Å². The van der Waals surface area contributed by atoms with Crippen LogP contribution in [0.25, 0.3) is 0 Å². The Morgan fingerprint density at radius 2 is 1.82 bits per heavy atom. The molecule has 1 fully saturated rings. The van der Waals surface area contributed by atoms with Gasteiger partial charge in [-0.1, -0.05) is 31.0 Å². The summed E-state index contributed by atoms with van der Waals surface area (Å²) >= 11 is 0. The van der Waals surface area contributed by atoms with Crippen molar-refractivity contribution in [3.05, 3.63) is 59.4 Å². The highest BCUT2D eigenvalue weighted by Crippen LogP contribution is 2.43.